The standard InChI is InChI=1S/C21H27N3O3S/c25-19-11-3-1-2-6-12-23(19)15-20(26)24(14-16-8-7-13-27-16)21-22-17-9-4-5-10-18(17)28-21/h4-5,9-10,16H,1-3,6-8,11-15H2. The number of carbonyl (C=O) groups is 2. The summed E-state index contributed by atoms with van der Waals surface area (Å²) in [5.74, 6) is 0.0258. The molecule has 0 saturated carbocycles. The van der Waals surface area contributed by atoms with E-state index in [9.17, 15) is 9.59 Å². The molecule has 0 radical (unpaired) electrons. The number of amides is 2. The molecule has 150 valence electrons. The van der Waals surface area contributed by atoms with Gasteiger partial charge in [-0.15, -0.1) is 0 Å². The minimum absolute atomic E-state index is 0.0407. The monoisotopic (exact) mass is 401 g/mol. The Labute approximate surface area is 169 Å². The predicted molar refractivity (Wildman–Crippen MR) is 111 cm³/mol. The maximum atomic E-state index is 13.3. The molecule has 2 fully saturated rings. The minimum atomic E-state index is -0.0662. The number of rotatable bonds is 5. The van der Waals surface area contributed by atoms with E-state index in [2.05, 4.69) is 4.98 Å². The molecule has 7 heteroatoms. The van der Waals surface area contributed by atoms with Gasteiger partial charge in [0.15, 0.2) is 5.13 Å². The molecule has 1 aromatic carbocycles. The number of hydrogen-bond donors (Lipinski definition) is 0. The molecule has 1 atom stereocenters. The van der Waals surface area contributed by atoms with Crippen LogP contribution in [0.5, 0.6) is 0 Å². The van der Waals surface area contributed by atoms with Crippen LogP contribution in [0.2, 0.25) is 0 Å². The zero-order chi connectivity index (χ0) is 19.3. The first-order valence-corrected chi connectivity index (χ1v) is 11.1. The maximum absolute atomic E-state index is 13.3. The summed E-state index contributed by atoms with van der Waals surface area (Å²) in [6.07, 6.45) is 6.67. The van der Waals surface area contributed by atoms with Crippen LogP contribution in [0.15, 0.2) is 24.3 Å². The van der Waals surface area contributed by atoms with Crippen molar-refractivity contribution in [2.45, 2.75) is 51.0 Å². The second kappa shape index (κ2) is 9.01. The smallest absolute Gasteiger partial charge is 0.248 e. The van der Waals surface area contributed by atoms with Crippen LogP contribution >= 0.6 is 11.3 Å². The van der Waals surface area contributed by atoms with Gasteiger partial charge in [0, 0.05) is 19.6 Å². The Hall–Kier alpha value is -1.99. The maximum Gasteiger partial charge on any atom is 0.248 e. The summed E-state index contributed by atoms with van der Waals surface area (Å²) in [6, 6.07) is 7.92. The lowest BCUT2D eigenvalue weighted by Gasteiger charge is -2.28. The highest BCUT2D eigenvalue weighted by molar-refractivity contribution is 7.22. The average molecular weight is 402 g/mol. The summed E-state index contributed by atoms with van der Waals surface area (Å²) < 4.78 is 6.84. The van der Waals surface area contributed by atoms with Gasteiger partial charge in [-0.25, -0.2) is 4.98 Å². The summed E-state index contributed by atoms with van der Waals surface area (Å²) in [7, 11) is 0. The molecule has 2 aromatic rings. The Morgan fingerprint density at radius 1 is 1.21 bits per heavy atom. The van der Waals surface area contributed by atoms with Crippen molar-refractivity contribution in [1.29, 1.82) is 0 Å². The molecule has 0 aliphatic carbocycles. The molecule has 2 aliphatic rings. The van der Waals surface area contributed by atoms with E-state index in [1.165, 1.54) is 11.3 Å². The van der Waals surface area contributed by atoms with Gasteiger partial charge in [0.2, 0.25) is 11.8 Å². The third-order valence-corrected chi connectivity index (χ3v) is 6.53. The molecule has 3 heterocycles. The zero-order valence-corrected chi connectivity index (χ0v) is 17.0. The highest BCUT2D eigenvalue weighted by Gasteiger charge is 2.28. The lowest BCUT2D eigenvalue weighted by Crippen LogP contribution is -2.46. The van der Waals surface area contributed by atoms with Crippen molar-refractivity contribution in [1.82, 2.24) is 9.88 Å². The first-order valence-electron chi connectivity index (χ1n) is 10.3. The number of thiazole rings is 1. The van der Waals surface area contributed by atoms with Gasteiger partial charge in [-0.3, -0.25) is 14.5 Å². The van der Waals surface area contributed by atoms with E-state index in [0.29, 0.717) is 24.6 Å². The minimum Gasteiger partial charge on any atom is -0.376 e. The Morgan fingerprint density at radius 3 is 2.89 bits per heavy atom. The van der Waals surface area contributed by atoms with Gasteiger partial charge >= 0.3 is 0 Å². The number of hydrogen-bond acceptors (Lipinski definition) is 5. The largest absolute Gasteiger partial charge is 0.376 e. The summed E-state index contributed by atoms with van der Waals surface area (Å²) in [4.78, 5) is 33.9. The molecule has 28 heavy (non-hydrogen) atoms. The zero-order valence-electron chi connectivity index (χ0n) is 16.1. The summed E-state index contributed by atoms with van der Waals surface area (Å²) in [5.41, 5.74) is 0.898. The molecule has 0 spiro atoms. The molecular formula is C21H27N3O3S. The fourth-order valence-corrected chi connectivity index (χ4v) is 4.88. The van der Waals surface area contributed by atoms with Gasteiger partial charge in [-0.05, 0) is 37.8 Å². The number of nitrogens with zero attached hydrogens (tertiary/aromatic N) is 3. The van der Waals surface area contributed by atoms with Crippen molar-refractivity contribution in [2.75, 3.05) is 31.1 Å². The first-order chi connectivity index (χ1) is 13.7. The summed E-state index contributed by atoms with van der Waals surface area (Å²) >= 11 is 1.52. The number of likely N-dealkylation sites (tertiary alicyclic amines) is 1. The van der Waals surface area contributed by atoms with Crippen molar-refractivity contribution < 1.29 is 14.3 Å². The van der Waals surface area contributed by atoms with Gasteiger partial charge in [-0.1, -0.05) is 36.3 Å². The number of fused-ring (bicyclic) bond motifs is 1. The number of ether oxygens (including phenoxy) is 1. The van der Waals surface area contributed by atoms with E-state index in [1.807, 2.05) is 24.3 Å². The van der Waals surface area contributed by atoms with E-state index in [-0.39, 0.29) is 24.5 Å². The highest BCUT2D eigenvalue weighted by Crippen LogP contribution is 2.30. The Bertz CT molecular complexity index is 798. The van der Waals surface area contributed by atoms with Crippen LogP contribution in [-0.2, 0) is 14.3 Å². The van der Waals surface area contributed by atoms with Crippen LogP contribution in [0.3, 0.4) is 0 Å². The van der Waals surface area contributed by atoms with Crippen LogP contribution < -0.4 is 4.90 Å². The van der Waals surface area contributed by atoms with Gasteiger partial charge in [0.25, 0.3) is 0 Å². The second-order valence-electron chi connectivity index (χ2n) is 7.58. The second-order valence-corrected chi connectivity index (χ2v) is 8.59. The quantitative estimate of drug-likeness (QED) is 0.768. The lowest BCUT2D eigenvalue weighted by atomic mass is 10.1. The topological polar surface area (TPSA) is 62.7 Å². The molecule has 6 nitrogen and oxygen atoms in total. The molecule has 2 aliphatic heterocycles. The number of carbonyl (C=O) groups excluding carboxylic acids is 2. The van der Waals surface area contributed by atoms with Crippen molar-refractivity contribution in [3.05, 3.63) is 24.3 Å². The van der Waals surface area contributed by atoms with Crippen molar-refractivity contribution in [2.24, 2.45) is 0 Å². The van der Waals surface area contributed by atoms with E-state index in [1.54, 1.807) is 9.80 Å². The molecule has 2 amide bonds. The van der Waals surface area contributed by atoms with Crippen molar-refractivity contribution >= 4 is 38.5 Å². The third kappa shape index (κ3) is 4.52. The van der Waals surface area contributed by atoms with Crippen molar-refractivity contribution in [3.63, 3.8) is 0 Å². The Kier molecular flexibility index (Phi) is 6.22. The number of benzene rings is 1. The van der Waals surface area contributed by atoms with Crippen LogP contribution in [0.1, 0.15) is 44.9 Å². The highest BCUT2D eigenvalue weighted by atomic mass is 32.1. The van der Waals surface area contributed by atoms with Crippen LogP contribution in [0.4, 0.5) is 5.13 Å². The molecule has 1 aromatic heterocycles. The number of anilines is 1. The normalized spacial score (nSPS) is 20.9. The first kappa shape index (κ1) is 19.3. The predicted octanol–water partition coefficient (Wildman–Crippen LogP) is 3.60. The van der Waals surface area contributed by atoms with E-state index >= 15 is 0 Å². The fraction of sp³-hybridized carbons (Fsp3) is 0.571. The molecule has 0 bridgehead atoms. The fourth-order valence-electron chi connectivity index (χ4n) is 3.89. The Balaban J connectivity index is 1.54. The SMILES string of the molecule is O=C1CCCCCCN1CC(=O)N(CC1CCCO1)c1nc2ccccc2s1. The van der Waals surface area contributed by atoms with E-state index < -0.39 is 0 Å². The molecule has 4 rings (SSSR count). The molecule has 0 N–H and O–H groups in total. The molecule has 1 unspecified atom stereocenters. The van der Waals surface area contributed by atoms with Gasteiger partial charge in [0.05, 0.1) is 22.9 Å². The Morgan fingerprint density at radius 2 is 2.07 bits per heavy atom. The van der Waals surface area contributed by atoms with Crippen LogP contribution in [0, 0.1) is 0 Å². The lowest BCUT2D eigenvalue weighted by molar-refractivity contribution is -0.135. The third-order valence-electron chi connectivity index (χ3n) is 5.47. The number of aromatic nitrogens is 1. The summed E-state index contributed by atoms with van der Waals surface area (Å²) in [5, 5.41) is 0.696. The molecular weight excluding hydrogens is 374 g/mol. The van der Waals surface area contributed by atoms with Gasteiger partial charge in [-0.2, -0.15) is 0 Å². The van der Waals surface area contributed by atoms with Gasteiger partial charge < -0.3 is 9.64 Å². The van der Waals surface area contributed by atoms with E-state index in [4.69, 9.17) is 4.74 Å². The molecule has 2 saturated heterocycles. The van der Waals surface area contributed by atoms with Gasteiger partial charge in [0.1, 0.15) is 6.54 Å². The average Bonchev–Trinajstić information content (AvgIpc) is 3.34. The van der Waals surface area contributed by atoms with Crippen molar-refractivity contribution in [3.8, 4) is 0 Å². The summed E-state index contributed by atoms with van der Waals surface area (Å²) in [6.45, 7) is 2.04. The van der Waals surface area contributed by atoms with E-state index in [0.717, 1.165) is 55.3 Å². The van der Waals surface area contributed by atoms with Crippen LogP contribution in [0.25, 0.3) is 10.2 Å². The van der Waals surface area contributed by atoms with Crippen LogP contribution in [-0.4, -0.2) is 54.0 Å². The number of para-hydroxylation sites is 1.